The number of aryl methyl sites for hydroxylation is 2. The van der Waals surface area contributed by atoms with E-state index in [1.54, 1.807) is 0 Å². The maximum atomic E-state index is 13.3. The van der Waals surface area contributed by atoms with Crippen molar-refractivity contribution in [3.05, 3.63) is 50.2 Å². The molecule has 2 N–H and O–H groups in total. The Morgan fingerprint density at radius 2 is 2.03 bits per heavy atom. The van der Waals surface area contributed by atoms with E-state index in [1.165, 1.54) is 28.2 Å². The predicted molar refractivity (Wildman–Crippen MR) is 121 cm³/mol. The van der Waals surface area contributed by atoms with Crippen LogP contribution in [0.15, 0.2) is 18.2 Å². The fraction of sp³-hybridized carbons (Fsp3) is 0.391. The quantitative estimate of drug-likeness (QED) is 0.641. The lowest BCUT2D eigenvalue weighted by Gasteiger charge is -2.38. The molecule has 7 heteroatoms. The van der Waals surface area contributed by atoms with Crippen molar-refractivity contribution in [3.63, 3.8) is 0 Å². The third kappa shape index (κ3) is 2.78. The van der Waals surface area contributed by atoms with Gasteiger partial charge in [0.25, 0.3) is 5.91 Å². The Kier molecular flexibility index (Phi) is 4.62. The first kappa shape index (κ1) is 19.6. The van der Waals surface area contributed by atoms with Crippen LogP contribution in [0.3, 0.4) is 0 Å². The lowest BCUT2D eigenvalue weighted by molar-refractivity contribution is 0.0651. The van der Waals surface area contributed by atoms with E-state index in [9.17, 15) is 10.1 Å². The van der Waals surface area contributed by atoms with Crippen LogP contribution < -0.4 is 10.5 Å². The van der Waals surface area contributed by atoms with Gasteiger partial charge < -0.3 is 15.4 Å². The van der Waals surface area contributed by atoms with Gasteiger partial charge in [-0.15, -0.1) is 22.7 Å². The SMILES string of the molecule is Cc1c(C#N)sc2sc(C(=O)N3CCC4(CC3)COc3ccc(CN)cc34)c(C)c12. The first-order chi connectivity index (χ1) is 14.5. The Bertz CT molecular complexity index is 1210. The van der Waals surface area contributed by atoms with Crippen molar-refractivity contribution in [3.8, 4) is 11.8 Å². The normalized spacial score (nSPS) is 17.2. The molecular formula is C23H23N3O2S2. The highest BCUT2D eigenvalue weighted by atomic mass is 32.2. The summed E-state index contributed by atoms with van der Waals surface area (Å²) in [4.78, 5) is 16.9. The molecule has 0 aliphatic carbocycles. The molecule has 0 radical (unpaired) electrons. The average Bonchev–Trinajstić information content (AvgIpc) is 3.40. The van der Waals surface area contributed by atoms with Crippen LogP contribution in [0, 0.1) is 25.2 Å². The summed E-state index contributed by atoms with van der Waals surface area (Å²) >= 11 is 3.02. The van der Waals surface area contributed by atoms with Crippen molar-refractivity contribution < 1.29 is 9.53 Å². The Balaban J connectivity index is 1.38. The van der Waals surface area contributed by atoms with E-state index in [0.717, 1.165) is 67.5 Å². The Labute approximate surface area is 183 Å². The Morgan fingerprint density at radius 3 is 2.70 bits per heavy atom. The predicted octanol–water partition coefficient (Wildman–Crippen LogP) is 4.48. The second-order valence-corrected chi connectivity index (χ2v) is 10.6. The van der Waals surface area contributed by atoms with Crippen LogP contribution in [-0.2, 0) is 12.0 Å². The maximum absolute atomic E-state index is 13.3. The minimum Gasteiger partial charge on any atom is -0.492 e. The highest BCUT2D eigenvalue weighted by molar-refractivity contribution is 7.39. The molecule has 1 aromatic carbocycles. The smallest absolute Gasteiger partial charge is 0.264 e. The van der Waals surface area contributed by atoms with E-state index in [0.29, 0.717) is 13.2 Å². The number of piperidine rings is 1. The van der Waals surface area contributed by atoms with Crippen molar-refractivity contribution in [2.45, 2.75) is 38.6 Å². The van der Waals surface area contributed by atoms with Gasteiger partial charge in [0.1, 0.15) is 16.7 Å². The van der Waals surface area contributed by atoms with Crippen molar-refractivity contribution in [1.82, 2.24) is 4.90 Å². The largest absolute Gasteiger partial charge is 0.492 e. The van der Waals surface area contributed by atoms with E-state index >= 15 is 0 Å². The molecular weight excluding hydrogens is 414 g/mol. The van der Waals surface area contributed by atoms with Crippen LogP contribution in [-0.4, -0.2) is 30.5 Å². The van der Waals surface area contributed by atoms with Crippen molar-refractivity contribution in [2.24, 2.45) is 5.73 Å². The number of nitrogens with two attached hydrogens (primary N) is 1. The van der Waals surface area contributed by atoms with E-state index < -0.39 is 0 Å². The number of carbonyl (C=O) groups excluding carboxylic acids is 1. The Hall–Kier alpha value is -2.40. The molecule has 0 saturated carbocycles. The molecule has 0 atom stereocenters. The van der Waals surface area contributed by atoms with Crippen molar-refractivity contribution in [1.29, 1.82) is 5.26 Å². The summed E-state index contributed by atoms with van der Waals surface area (Å²) in [5.41, 5.74) is 10.2. The first-order valence-electron chi connectivity index (χ1n) is 10.2. The van der Waals surface area contributed by atoms with E-state index in [1.807, 2.05) is 30.9 Å². The summed E-state index contributed by atoms with van der Waals surface area (Å²) in [5.74, 6) is 1.08. The van der Waals surface area contributed by atoms with Gasteiger partial charge in [-0.3, -0.25) is 4.79 Å². The lowest BCUT2D eigenvalue weighted by Crippen LogP contribution is -2.46. The number of hydrogen-bond acceptors (Lipinski definition) is 6. The molecule has 1 fully saturated rings. The van der Waals surface area contributed by atoms with Gasteiger partial charge in [-0.25, -0.2) is 0 Å². The molecule has 5 nitrogen and oxygen atoms in total. The number of nitriles is 1. The minimum absolute atomic E-state index is 0.0135. The standard InChI is InChI=1S/C23H23N3O2S2/c1-13-18(11-25)29-22-19(13)14(2)20(30-22)21(27)26-7-5-23(6-8-26)12-28-17-4-3-15(10-24)9-16(17)23/h3-4,9H,5-8,10,12,24H2,1-2H3. The van der Waals surface area contributed by atoms with Gasteiger partial charge >= 0.3 is 0 Å². The molecule has 1 amide bonds. The highest BCUT2D eigenvalue weighted by Crippen LogP contribution is 2.46. The number of carbonyl (C=O) groups is 1. The monoisotopic (exact) mass is 437 g/mol. The highest BCUT2D eigenvalue weighted by Gasteiger charge is 2.44. The fourth-order valence-electron chi connectivity index (χ4n) is 4.82. The third-order valence-corrected chi connectivity index (χ3v) is 9.25. The summed E-state index contributed by atoms with van der Waals surface area (Å²) in [6, 6.07) is 8.51. The van der Waals surface area contributed by atoms with Crippen LogP contribution in [0.1, 0.15) is 49.6 Å². The number of fused-ring (bicyclic) bond motifs is 3. The molecule has 154 valence electrons. The van der Waals surface area contributed by atoms with Crippen LogP contribution >= 0.6 is 22.7 Å². The zero-order chi connectivity index (χ0) is 21.0. The summed E-state index contributed by atoms with van der Waals surface area (Å²) < 4.78 is 7.06. The van der Waals surface area contributed by atoms with Crippen LogP contribution in [0.25, 0.3) is 9.40 Å². The van der Waals surface area contributed by atoms with Gasteiger partial charge in [0, 0.05) is 36.0 Å². The molecule has 2 aromatic heterocycles. The summed E-state index contributed by atoms with van der Waals surface area (Å²) in [5, 5.41) is 10.4. The van der Waals surface area contributed by atoms with Crippen LogP contribution in [0.5, 0.6) is 5.75 Å². The van der Waals surface area contributed by atoms with Crippen LogP contribution in [0.2, 0.25) is 0 Å². The number of nitrogens with zero attached hydrogens (tertiary/aromatic N) is 2. The summed E-state index contributed by atoms with van der Waals surface area (Å²) in [6.07, 6.45) is 1.80. The van der Waals surface area contributed by atoms with Gasteiger partial charge in [-0.2, -0.15) is 5.26 Å². The number of rotatable bonds is 2. The molecule has 3 aromatic rings. The molecule has 2 aliphatic rings. The molecule has 30 heavy (non-hydrogen) atoms. The minimum atomic E-state index is -0.0135. The summed E-state index contributed by atoms with van der Waals surface area (Å²) in [6.45, 7) is 6.64. The molecule has 4 heterocycles. The van der Waals surface area contributed by atoms with E-state index in [-0.39, 0.29) is 11.3 Å². The fourth-order valence-corrected chi connectivity index (χ4v) is 7.45. The van der Waals surface area contributed by atoms with Gasteiger partial charge in [0.15, 0.2) is 0 Å². The molecule has 0 unspecified atom stereocenters. The number of thiophene rings is 2. The number of amides is 1. The molecule has 0 bridgehead atoms. The second-order valence-electron chi connectivity index (χ2n) is 8.28. The van der Waals surface area contributed by atoms with Crippen molar-refractivity contribution in [2.75, 3.05) is 19.7 Å². The average molecular weight is 438 g/mol. The summed E-state index contributed by atoms with van der Waals surface area (Å²) in [7, 11) is 0. The number of hydrogen-bond donors (Lipinski definition) is 1. The number of benzene rings is 1. The first-order valence-corrected chi connectivity index (χ1v) is 11.8. The molecule has 2 aliphatic heterocycles. The zero-order valence-electron chi connectivity index (χ0n) is 17.1. The third-order valence-electron chi connectivity index (χ3n) is 6.68. The van der Waals surface area contributed by atoms with Gasteiger partial charge in [0.2, 0.25) is 0 Å². The number of ether oxygens (including phenoxy) is 1. The van der Waals surface area contributed by atoms with Crippen LogP contribution in [0.4, 0.5) is 0 Å². The van der Waals surface area contributed by atoms with E-state index in [4.69, 9.17) is 10.5 Å². The van der Waals surface area contributed by atoms with Gasteiger partial charge in [-0.1, -0.05) is 12.1 Å². The van der Waals surface area contributed by atoms with Gasteiger partial charge in [-0.05, 0) is 49.4 Å². The van der Waals surface area contributed by atoms with Gasteiger partial charge in [0.05, 0.1) is 15.5 Å². The lowest BCUT2D eigenvalue weighted by atomic mass is 9.74. The molecule has 5 rings (SSSR count). The van der Waals surface area contributed by atoms with Crippen molar-refractivity contribution >= 4 is 38.0 Å². The zero-order valence-corrected chi connectivity index (χ0v) is 18.7. The molecule has 1 spiro atoms. The Morgan fingerprint density at radius 1 is 1.27 bits per heavy atom. The van der Waals surface area contributed by atoms with E-state index in [2.05, 4.69) is 12.1 Å². The topological polar surface area (TPSA) is 79.3 Å². The molecule has 1 saturated heterocycles. The second kappa shape index (κ2) is 7.09. The maximum Gasteiger partial charge on any atom is 0.264 e. The number of likely N-dealkylation sites (tertiary alicyclic amines) is 1.